The minimum absolute atomic E-state index is 0.193. The SMILES string of the molecule is Cc1[nH]ncc1CNC(=O)c1csc(CN)n1. The highest BCUT2D eigenvalue weighted by atomic mass is 32.1. The molecule has 0 bridgehead atoms. The van der Waals surface area contributed by atoms with Crippen molar-refractivity contribution in [2.45, 2.75) is 20.0 Å². The number of thiazole rings is 1. The molecule has 6 nitrogen and oxygen atoms in total. The van der Waals surface area contributed by atoms with Gasteiger partial charge < -0.3 is 11.1 Å². The summed E-state index contributed by atoms with van der Waals surface area (Å²) in [5.74, 6) is -0.193. The van der Waals surface area contributed by atoms with Crippen molar-refractivity contribution < 1.29 is 4.79 Å². The summed E-state index contributed by atoms with van der Waals surface area (Å²) in [7, 11) is 0. The van der Waals surface area contributed by atoms with E-state index < -0.39 is 0 Å². The Hall–Kier alpha value is -1.73. The number of nitrogens with one attached hydrogen (secondary N) is 2. The predicted octanol–water partition coefficient (Wildman–Crippen LogP) is 0.563. The van der Waals surface area contributed by atoms with Gasteiger partial charge in [-0.25, -0.2) is 4.98 Å². The van der Waals surface area contributed by atoms with Crippen LogP contribution >= 0.6 is 11.3 Å². The third-order valence-corrected chi connectivity index (χ3v) is 3.20. The highest BCUT2D eigenvalue weighted by molar-refractivity contribution is 7.09. The molecule has 2 aromatic heterocycles. The monoisotopic (exact) mass is 251 g/mol. The van der Waals surface area contributed by atoms with Gasteiger partial charge in [0.25, 0.3) is 5.91 Å². The maximum atomic E-state index is 11.7. The molecule has 1 amide bonds. The normalized spacial score (nSPS) is 10.5. The van der Waals surface area contributed by atoms with Gasteiger partial charge in [-0.05, 0) is 6.92 Å². The number of carbonyl (C=O) groups is 1. The summed E-state index contributed by atoms with van der Waals surface area (Å²) in [5.41, 5.74) is 7.77. The maximum absolute atomic E-state index is 11.7. The summed E-state index contributed by atoms with van der Waals surface area (Å²) in [6.07, 6.45) is 1.70. The number of nitrogens with two attached hydrogens (primary N) is 1. The minimum Gasteiger partial charge on any atom is -0.346 e. The predicted molar refractivity (Wildman–Crippen MR) is 64.5 cm³/mol. The molecule has 0 aliphatic carbocycles. The quantitative estimate of drug-likeness (QED) is 0.739. The molecular weight excluding hydrogens is 238 g/mol. The molecule has 0 aliphatic rings. The van der Waals surface area contributed by atoms with Gasteiger partial charge in [0, 0.05) is 29.7 Å². The van der Waals surface area contributed by atoms with Gasteiger partial charge in [0.2, 0.25) is 0 Å². The van der Waals surface area contributed by atoms with E-state index in [4.69, 9.17) is 5.73 Å². The van der Waals surface area contributed by atoms with Gasteiger partial charge in [0.15, 0.2) is 0 Å². The summed E-state index contributed by atoms with van der Waals surface area (Å²) < 4.78 is 0. The van der Waals surface area contributed by atoms with Crippen LogP contribution in [-0.2, 0) is 13.1 Å². The number of amides is 1. The van der Waals surface area contributed by atoms with Gasteiger partial charge in [-0.2, -0.15) is 5.10 Å². The number of aryl methyl sites for hydroxylation is 1. The first-order valence-electron chi connectivity index (χ1n) is 5.12. The standard InChI is InChI=1S/C10H13N5OS/c1-6-7(4-13-15-6)3-12-10(16)8-5-17-9(2-11)14-8/h4-5H,2-3,11H2,1H3,(H,12,16)(H,13,15). The van der Waals surface area contributed by atoms with Gasteiger partial charge >= 0.3 is 0 Å². The zero-order valence-corrected chi connectivity index (χ0v) is 10.2. The van der Waals surface area contributed by atoms with Gasteiger partial charge in [-0.15, -0.1) is 11.3 Å². The van der Waals surface area contributed by atoms with E-state index in [1.54, 1.807) is 11.6 Å². The fraction of sp³-hybridized carbons (Fsp3) is 0.300. The lowest BCUT2D eigenvalue weighted by Gasteiger charge is -2.01. The van der Waals surface area contributed by atoms with Gasteiger partial charge in [-0.1, -0.05) is 0 Å². The molecule has 0 spiro atoms. The number of carbonyl (C=O) groups excluding carboxylic acids is 1. The Morgan fingerprint density at radius 2 is 2.47 bits per heavy atom. The number of nitrogens with zero attached hydrogens (tertiary/aromatic N) is 2. The van der Waals surface area contributed by atoms with Crippen LogP contribution in [-0.4, -0.2) is 21.1 Å². The lowest BCUT2D eigenvalue weighted by atomic mass is 10.2. The van der Waals surface area contributed by atoms with Crippen LogP contribution in [0.5, 0.6) is 0 Å². The molecule has 0 atom stereocenters. The molecule has 90 valence electrons. The molecule has 0 saturated heterocycles. The first-order valence-corrected chi connectivity index (χ1v) is 6.00. The fourth-order valence-corrected chi connectivity index (χ4v) is 1.98. The van der Waals surface area contributed by atoms with Crippen LogP contribution in [0.25, 0.3) is 0 Å². The molecule has 0 aromatic carbocycles. The number of rotatable bonds is 4. The van der Waals surface area contributed by atoms with Crippen molar-refractivity contribution in [2.75, 3.05) is 0 Å². The van der Waals surface area contributed by atoms with Crippen molar-refractivity contribution in [1.82, 2.24) is 20.5 Å². The van der Waals surface area contributed by atoms with E-state index in [1.165, 1.54) is 11.3 Å². The van der Waals surface area contributed by atoms with Crippen molar-refractivity contribution in [2.24, 2.45) is 5.73 Å². The van der Waals surface area contributed by atoms with E-state index >= 15 is 0 Å². The second-order valence-electron chi connectivity index (χ2n) is 3.53. The zero-order chi connectivity index (χ0) is 12.3. The second-order valence-corrected chi connectivity index (χ2v) is 4.48. The Bertz CT molecular complexity index is 518. The van der Waals surface area contributed by atoms with Gasteiger partial charge in [0.05, 0.1) is 6.20 Å². The Morgan fingerprint density at radius 1 is 1.65 bits per heavy atom. The maximum Gasteiger partial charge on any atom is 0.271 e. The van der Waals surface area contributed by atoms with Gasteiger partial charge in [-0.3, -0.25) is 9.89 Å². The van der Waals surface area contributed by atoms with Crippen LogP contribution < -0.4 is 11.1 Å². The lowest BCUT2D eigenvalue weighted by molar-refractivity contribution is 0.0946. The van der Waals surface area contributed by atoms with Crippen LogP contribution in [0.2, 0.25) is 0 Å². The third kappa shape index (κ3) is 2.69. The van der Waals surface area contributed by atoms with Crippen molar-refractivity contribution in [1.29, 1.82) is 0 Å². The van der Waals surface area contributed by atoms with Crippen LogP contribution in [0.15, 0.2) is 11.6 Å². The first-order chi connectivity index (χ1) is 8.20. The van der Waals surface area contributed by atoms with E-state index in [0.717, 1.165) is 16.3 Å². The molecule has 0 unspecified atom stereocenters. The van der Waals surface area contributed by atoms with Crippen LogP contribution in [0.3, 0.4) is 0 Å². The van der Waals surface area contributed by atoms with E-state index in [-0.39, 0.29) is 5.91 Å². The molecule has 0 saturated carbocycles. The molecule has 17 heavy (non-hydrogen) atoms. The summed E-state index contributed by atoms with van der Waals surface area (Å²) in [6.45, 7) is 2.71. The number of H-pyrrole nitrogens is 1. The Labute approximate surface area is 102 Å². The second kappa shape index (κ2) is 5.07. The summed E-state index contributed by atoms with van der Waals surface area (Å²) in [4.78, 5) is 15.9. The number of aromatic nitrogens is 3. The smallest absolute Gasteiger partial charge is 0.271 e. The Balaban J connectivity index is 1.95. The summed E-state index contributed by atoms with van der Waals surface area (Å²) in [5, 5.41) is 11.9. The van der Waals surface area contributed by atoms with Gasteiger partial charge in [0.1, 0.15) is 10.7 Å². The lowest BCUT2D eigenvalue weighted by Crippen LogP contribution is -2.23. The highest BCUT2D eigenvalue weighted by Crippen LogP contribution is 2.09. The molecular formula is C10H13N5OS. The third-order valence-electron chi connectivity index (χ3n) is 2.33. The number of hydrogen-bond acceptors (Lipinski definition) is 5. The van der Waals surface area contributed by atoms with E-state index in [2.05, 4.69) is 20.5 Å². The topological polar surface area (TPSA) is 96.7 Å². The molecule has 4 N–H and O–H groups in total. The number of aromatic amines is 1. The van der Waals surface area contributed by atoms with E-state index in [9.17, 15) is 4.79 Å². The van der Waals surface area contributed by atoms with Crippen molar-refractivity contribution in [3.63, 3.8) is 0 Å². The number of hydrogen-bond donors (Lipinski definition) is 3. The zero-order valence-electron chi connectivity index (χ0n) is 9.36. The van der Waals surface area contributed by atoms with Crippen LogP contribution in [0, 0.1) is 6.92 Å². The first kappa shape index (κ1) is 11.7. The van der Waals surface area contributed by atoms with Crippen LogP contribution in [0.4, 0.5) is 0 Å². The summed E-state index contributed by atoms with van der Waals surface area (Å²) in [6, 6.07) is 0. The molecule has 0 aliphatic heterocycles. The highest BCUT2D eigenvalue weighted by Gasteiger charge is 2.10. The van der Waals surface area contributed by atoms with E-state index in [1.807, 2.05) is 6.92 Å². The average Bonchev–Trinajstić information content (AvgIpc) is 2.94. The molecule has 0 fully saturated rings. The molecule has 2 rings (SSSR count). The molecule has 0 radical (unpaired) electrons. The Morgan fingerprint density at radius 3 is 3.06 bits per heavy atom. The summed E-state index contributed by atoms with van der Waals surface area (Å²) >= 11 is 1.39. The molecule has 2 aromatic rings. The minimum atomic E-state index is -0.193. The largest absolute Gasteiger partial charge is 0.346 e. The van der Waals surface area contributed by atoms with E-state index in [0.29, 0.717) is 18.8 Å². The fourth-order valence-electron chi connectivity index (χ4n) is 1.33. The Kier molecular flexibility index (Phi) is 3.50. The van der Waals surface area contributed by atoms with Crippen molar-refractivity contribution >= 4 is 17.2 Å². The molecule has 7 heteroatoms. The van der Waals surface area contributed by atoms with Crippen LogP contribution in [0.1, 0.15) is 26.8 Å². The van der Waals surface area contributed by atoms with Crippen molar-refractivity contribution in [3.8, 4) is 0 Å². The molecule has 2 heterocycles. The van der Waals surface area contributed by atoms with Crippen molar-refractivity contribution in [3.05, 3.63) is 33.5 Å². The average molecular weight is 251 g/mol.